The van der Waals surface area contributed by atoms with Crippen molar-refractivity contribution in [2.24, 2.45) is 0 Å². The van der Waals surface area contributed by atoms with Crippen LogP contribution < -0.4 is 0 Å². The van der Waals surface area contributed by atoms with Gasteiger partial charge in [-0.25, -0.2) is 15.0 Å². The Morgan fingerprint density at radius 1 is 0.424 bits per heavy atom. The number of nitrogens with zero attached hydrogens (tertiary/aromatic N) is 6. The van der Waals surface area contributed by atoms with E-state index in [0.29, 0.717) is 23.0 Å². The highest BCUT2D eigenvalue weighted by molar-refractivity contribution is 6.33. The summed E-state index contributed by atoms with van der Waals surface area (Å²) >= 11 is 0. The third-order valence-electron chi connectivity index (χ3n) is 11.4. The lowest BCUT2D eigenvalue weighted by Gasteiger charge is -2.13. The van der Waals surface area contributed by atoms with Crippen molar-refractivity contribution in [3.63, 3.8) is 0 Å². The SMILES string of the molecule is N#Cc1cc(-c2nc(-c3ccccc3)nc(-c3ccccc3)n2)ccc1-n1c2ccccc2c2ccc3oc4ccc5c(c6ccccc6n5-c5ccccc5)c4c3c21. The maximum atomic E-state index is 11.0. The molecule has 12 rings (SSSR count). The van der Waals surface area contributed by atoms with E-state index in [1.54, 1.807) is 0 Å². The van der Waals surface area contributed by atoms with Crippen LogP contribution in [-0.2, 0) is 0 Å². The molecule has 0 fully saturated rings. The average molecular weight is 755 g/mol. The van der Waals surface area contributed by atoms with Crippen LogP contribution in [0, 0.1) is 11.3 Å². The van der Waals surface area contributed by atoms with E-state index in [-0.39, 0.29) is 0 Å². The minimum atomic E-state index is 0.489. The lowest BCUT2D eigenvalue weighted by Crippen LogP contribution is -2.02. The predicted octanol–water partition coefficient (Wildman–Crippen LogP) is 12.8. The molecule has 0 aliphatic heterocycles. The first-order valence-electron chi connectivity index (χ1n) is 19.5. The van der Waals surface area contributed by atoms with Crippen LogP contribution in [0.25, 0.3) is 111 Å². The van der Waals surface area contributed by atoms with Gasteiger partial charge in [-0.05, 0) is 66.7 Å². The number of hydrogen-bond donors (Lipinski definition) is 0. The van der Waals surface area contributed by atoms with Crippen LogP contribution in [0.5, 0.6) is 0 Å². The zero-order valence-electron chi connectivity index (χ0n) is 31.4. The van der Waals surface area contributed by atoms with Crippen LogP contribution >= 0.6 is 0 Å². The van der Waals surface area contributed by atoms with E-state index in [1.807, 2.05) is 84.9 Å². The van der Waals surface area contributed by atoms with E-state index in [9.17, 15) is 5.26 Å². The maximum absolute atomic E-state index is 11.0. The highest BCUT2D eigenvalue weighted by atomic mass is 16.3. The molecule has 0 unspecified atom stereocenters. The summed E-state index contributed by atoms with van der Waals surface area (Å²) < 4.78 is 11.3. The quantitative estimate of drug-likeness (QED) is 0.175. The molecular weight excluding hydrogens is 725 g/mol. The van der Waals surface area contributed by atoms with Crippen molar-refractivity contribution in [2.45, 2.75) is 0 Å². The predicted molar refractivity (Wildman–Crippen MR) is 237 cm³/mol. The van der Waals surface area contributed by atoms with Crippen LogP contribution in [0.2, 0.25) is 0 Å². The van der Waals surface area contributed by atoms with Gasteiger partial charge in [0.1, 0.15) is 17.2 Å². The summed E-state index contributed by atoms with van der Waals surface area (Å²) in [6.07, 6.45) is 0. The van der Waals surface area contributed by atoms with Gasteiger partial charge in [-0.1, -0.05) is 115 Å². The van der Waals surface area contributed by atoms with E-state index >= 15 is 0 Å². The lowest BCUT2D eigenvalue weighted by molar-refractivity contribution is 0.669. The molecule has 0 spiro atoms. The van der Waals surface area contributed by atoms with Gasteiger partial charge in [0.05, 0.1) is 38.7 Å². The second kappa shape index (κ2) is 12.8. The number of fused-ring (bicyclic) bond motifs is 11. The van der Waals surface area contributed by atoms with Gasteiger partial charge in [-0.2, -0.15) is 5.26 Å². The van der Waals surface area contributed by atoms with Crippen molar-refractivity contribution in [3.8, 4) is 51.6 Å². The molecule has 0 radical (unpaired) electrons. The summed E-state index contributed by atoms with van der Waals surface area (Å²) in [7, 11) is 0. The molecule has 4 heterocycles. The molecule has 59 heavy (non-hydrogen) atoms. The first-order valence-corrected chi connectivity index (χ1v) is 19.5. The van der Waals surface area contributed by atoms with E-state index < -0.39 is 0 Å². The Bertz CT molecular complexity index is 3610. The molecule has 0 atom stereocenters. The molecule has 12 aromatic rings. The minimum Gasteiger partial charge on any atom is -0.456 e. The van der Waals surface area contributed by atoms with Gasteiger partial charge < -0.3 is 13.6 Å². The number of benzene rings is 8. The summed E-state index contributed by atoms with van der Waals surface area (Å²) in [5.74, 6) is 1.62. The lowest BCUT2D eigenvalue weighted by atomic mass is 10.0. The van der Waals surface area contributed by atoms with Crippen LogP contribution in [0.15, 0.2) is 186 Å². The van der Waals surface area contributed by atoms with Crippen molar-refractivity contribution in [1.82, 2.24) is 24.1 Å². The summed E-state index contributed by atoms with van der Waals surface area (Å²) in [5, 5.41) is 17.4. The molecule has 7 heteroatoms. The average Bonchev–Trinajstić information content (AvgIpc) is 3.97. The van der Waals surface area contributed by atoms with Gasteiger partial charge in [-0.15, -0.1) is 0 Å². The van der Waals surface area contributed by atoms with E-state index in [2.05, 4.69) is 112 Å². The molecule has 0 saturated carbocycles. The van der Waals surface area contributed by atoms with Crippen molar-refractivity contribution < 1.29 is 4.42 Å². The Morgan fingerprint density at radius 2 is 0.983 bits per heavy atom. The van der Waals surface area contributed by atoms with Crippen molar-refractivity contribution in [3.05, 3.63) is 188 Å². The Labute approximate surface area is 337 Å². The summed E-state index contributed by atoms with van der Waals surface area (Å²) in [6.45, 7) is 0. The molecule has 0 saturated heterocycles. The normalized spacial score (nSPS) is 11.7. The molecule has 8 aromatic carbocycles. The zero-order chi connectivity index (χ0) is 39.0. The molecule has 0 bridgehead atoms. The van der Waals surface area contributed by atoms with E-state index in [1.165, 1.54) is 0 Å². The second-order valence-corrected chi connectivity index (χ2v) is 14.7. The number of aromatic nitrogens is 5. The monoisotopic (exact) mass is 754 g/mol. The third-order valence-corrected chi connectivity index (χ3v) is 11.4. The van der Waals surface area contributed by atoms with Crippen LogP contribution in [0.3, 0.4) is 0 Å². The highest BCUT2D eigenvalue weighted by Crippen LogP contribution is 2.46. The van der Waals surface area contributed by atoms with Crippen molar-refractivity contribution >= 4 is 65.6 Å². The Balaban J connectivity index is 1.14. The Morgan fingerprint density at radius 3 is 1.66 bits per heavy atom. The van der Waals surface area contributed by atoms with Crippen molar-refractivity contribution in [1.29, 1.82) is 5.26 Å². The largest absolute Gasteiger partial charge is 0.456 e. The summed E-state index contributed by atoms with van der Waals surface area (Å²) in [6, 6.07) is 64.2. The number of nitriles is 1. The van der Waals surface area contributed by atoms with Gasteiger partial charge in [0.25, 0.3) is 0 Å². The molecule has 0 aliphatic carbocycles. The van der Waals surface area contributed by atoms with Crippen LogP contribution in [0.1, 0.15) is 5.56 Å². The van der Waals surface area contributed by atoms with Crippen LogP contribution in [-0.4, -0.2) is 24.1 Å². The number of rotatable bonds is 5. The van der Waals surface area contributed by atoms with E-state index in [4.69, 9.17) is 19.4 Å². The molecule has 274 valence electrons. The Kier molecular flexibility index (Phi) is 7.16. The van der Waals surface area contributed by atoms with E-state index in [0.717, 1.165) is 93.6 Å². The summed E-state index contributed by atoms with van der Waals surface area (Å²) in [4.78, 5) is 14.8. The second-order valence-electron chi connectivity index (χ2n) is 14.7. The fourth-order valence-corrected chi connectivity index (χ4v) is 8.86. The maximum Gasteiger partial charge on any atom is 0.164 e. The Hall–Kier alpha value is -8.34. The first-order chi connectivity index (χ1) is 29.2. The van der Waals surface area contributed by atoms with Crippen LogP contribution in [0.4, 0.5) is 0 Å². The van der Waals surface area contributed by atoms with Gasteiger partial charge in [-0.3, -0.25) is 0 Å². The van der Waals surface area contributed by atoms with Gasteiger partial charge in [0.2, 0.25) is 0 Å². The zero-order valence-corrected chi connectivity index (χ0v) is 31.4. The molecule has 7 nitrogen and oxygen atoms in total. The van der Waals surface area contributed by atoms with Gasteiger partial charge in [0.15, 0.2) is 17.5 Å². The van der Waals surface area contributed by atoms with Gasteiger partial charge in [0, 0.05) is 49.3 Å². The first kappa shape index (κ1) is 32.9. The number of furan rings is 1. The van der Waals surface area contributed by atoms with Crippen molar-refractivity contribution in [2.75, 3.05) is 0 Å². The topological polar surface area (TPSA) is 85.5 Å². The highest BCUT2D eigenvalue weighted by Gasteiger charge is 2.24. The number of para-hydroxylation sites is 3. The smallest absolute Gasteiger partial charge is 0.164 e. The fraction of sp³-hybridized carbons (Fsp3) is 0. The standard InChI is InChI=1S/C52H30N6O/c53-31-35-30-34(52-55-50(32-14-4-1-5-15-32)54-51(56-52)33-16-6-2-7-17-33)24-26-40(35)58-41-22-12-10-20-37(41)38-25-28-45-48(49(38)58)47-44(59-45)29-27-43-46(47)39-21-11-13-23-42(39)57(43)36-18-8-3-9-19-36/h1-30H. The molecular formula is C52H30N6O. The number of hydrogen-bond acceptors (Lipinski definition) is 5. The molecule has 0 N–H and O–H groups in total. The van der Waals surface area contributed by atoms with Gasteiger partial charge >= 0.3 is 0 Å². The third kappa shape index (κ3) is 4.97. The fourth-order valence-electron chi connectivity index (χ4n) is 8.86. The molecule has 0 amide bonds. The minimum absolute atomic E-state index is 0.489. The molecule has 4 aromatic heterocycles. The summed E-state index contributed by atoms with van der Waals surface area (Å²) in [5.41, 5.74) is 10.6. The molecule has 0 aliphatic rings.